The molecule has 0 unspecified atom stereocenters. The SMILES string of the molecule is CCCCCCCCCCCCCCCCC(=O)OC[C@H](COC(=O)CCCCCCCCCCCCCCCCCCCCC(C)C)OC(=O)CCCCCCCCCCCCC. The molecule has 0 rings (SSSR count). The Balaban J connectivity index is 4.20. The van der Waals surface area contributed by atoms with Crippen LogP contribution in [0.1, 0.15) is 329 Å². The summed E-state index contributed by atoms with van der Waals surface area (Å²) in [5.74, 6) is 0.0224. The number of hydrogen-bond acceptors (Lipinski definition) is 6. The molecule has 64 heavy (non-hydrogen) atoms. The van der Waals surface area contributed by atoms with Crippen molar-refractivity contribution in [3.05, 3.63) is 0 Å². The Kier molecular flexibility index (Phi) is 51.1. The normalized spacial score (nSPS) is 12.0. The zero-order valence-electron chi connectivity index (χ0n) is 43.8. The lowest BCUT2D eigenvalue weighted by Gasteiger charge is -2.18. The van der Waals surface area contributed by atoms with E-state index < -0.39 is 6.10 Å². The number of rotatable bonds is 53. The summed E-state index contributed by atoms with van der Waals surface area (Å²) >= 11 is 0. The summed E-state index contributed by atoms with van der Waals surface area (Å²) in [5, 5.41) is 0. The molecule has 0 saturated carbocycles. The highest BCUT2D eigenvalue weighted by molar-refractivity contribution is 5.71. The lowest BCUT2D eigenvalue weighted by Crippen LogP contribution is -2.30. The highest BCUT2D eigenvalue weighted by atomic mass is 16.6. The van der Waals surface area contributed by atoms with Gasteiger partial charge >= 0.3 is 17.9 Å². The molecule has 0 spiro atoms. The monoisotopic (exact) mass is 905 g/mol. The zero-order chi connectivity index (χ0) is 46.7. The summed E-state index contributed by atoms with van der Waals surface area (Å²) < 4.78 is 16.9. The zero-order valence-corrected chi connectivity index (χ0v) is 43.8. The summed E-state index contributed by atoms with van der Waals surface area (Å²) in [6, 6.07) is 0. The van der Waals surface area contributed by atoms with Gasteiger partial charge in [0.25, 0.3) is 0 Å². The number of carbonyl (C=O) groups excluding carboxylic acids is 3. The van der Waals surface area contributed by atoms with E-state index in [-0.39, 0.29) is 31.1 Å². The molecule has 0 bridgehead atoms. The maximum Gasteiger partial charge on any atom is 0.306 e. The van der Waals surface area contributed by atoms with Crippen molar-refractivity contribution in [1.29, 1.82) is 0 Å². The molecular formula is C58H112O6. The molecular weight excluding hydrogens is 793 g/mol. The molecule has 0 aliphatic carbocycles. The van der Waals surface area contributed by atoms with Crippen molar-refractivity contribution in [3.63, 3.8) is 0 Å². The Morgan fingerprint density at radius 1 is 0.297 bits per heavy atom. The minimum Gasteiger partial charge on any atom is -0.462 e. The second kappa shape index (κ2) is 52.4. The van der Waals surface area contributed by atoms with Gasteiger partial charge in [-0.2, -0.15) is 0 Å². The fourth-order valence-electron chi connectivity index (χ4n) is 8.92. The average molecular weight is 906 g/mol. The number of esters is 3. The minimum atomic E-state index is -0.761. The molecule has 0 saturated heterocycles. The molecule has 0 aliphatic heterocycles. The Labute approximate surface area is 399 Å². The molecule has 1 atom stereocenters. The van der Waals surface area contributed by atoms with Crippen molar-refractivity contribution in [2.45, 2.75) is 336 Å². The van der Waals surface area contributed by atoms with Crippen LogP contribution in [0.5, 0.6) is 0 Å². The molecule has 6 heteroatoms. The van der Waals surface area contributed by atoms with Crippen LogP contribution in [0, 0.1) is 5.92 Å². The topological polar surface area (TPSA) is 78.9 Å². The van der Waals surface area contributed by atoms with Crippen molar-refractivity contribution in [2.24, 2.45) is 5.92 Å². The van der Waals surface area contributed by atoms with Crippen LogP contribution in [-0.2, 0) is 28.6 Å². The Hall–Kier alpha value is -1.59. The Morgan fingerprint density at radius 3 is 0.766 bits per heavy atom. The molecule has 0 fully saturated rings. The van der Waals surface area contributed by atoms with Crippen LogP contribution in [-0.4, -0.2) is 37.2 Å². The summed E-state index contributed by atoms with van der Waals surface area (Å²) in [6.45, 7) is 9.06. The summed E-state index contributed by atoms with van der Waals surface area (Å²) in [5.41, 5.74) is 0. The van der Waals surface area contributed by atoms with E-state index in [2.05, 4.69) is 27.7 Å². The van der Waals surface area contributed by atoms with Crippen LogP contribution in [0.25, 0.3) is 0 Å². The molecule has 0 N–H and O–H groups in total. The van der Waals surface area contributed by atoms with Crippen LogP contribution >= 0.6 is 0 Å². The van der Waals surface area contributed by atoms with Gasteiger partial charge in [-0.1, -0.05) is 291 Å². The average Bonchev–Trinajstić information content (AvgIpc) is 3.28. The van der Waals surface area contributed by atoms with Gasteiger partial charge in [-0.3, -0.25) is 14.4 Å². The Bertz CT molecular complexity index is 964. The van der Waals surface area contributed by atoms with Crippen molar-refractivity contribution in [3.8, 4) is 0 Å². The summed E-state index contributed by atoms with van der Waals surface area (Å²) in [7, 11) is 0. The lowest BCUT2D eigenvalue weighted by molar-refractivity contribution is -0.167. The van der Waals surface area contributed by atoms with Crippen LogP contribution < -0.4 is 0 Å². The number of ether oxygens (including phenoxy) is 3. The molecule has 0 aromatic carbocycles. The van der Waals surface area contributed by atoms with Gasteiger partial charge in [0.1, 0.15) is 13.2 Å². The highest BCUT2D eigenvalue weighted by Crippen LogP contribution is 2.18. The number of unbranched alkanes of at least 4 members (excludes halogenated alkanes) is 40. The van der Waals surface area contributed by atoms with E-state index in [1.807, 2.05) is 0 Å². The minimum absolute atomic E-state index is 0.0619. The molecule has 380 valence electrons. The van der Waals surface area contributed by atoms with E-state index in [9.17, 15) is 14.4 Å². The van der Waals surface area contributed by atoms with Crippen LogP contribution in [0.3, 0.4) is 0 Å². The van der Waals surface area contributed by atoms with Gasteiger partial charge in [0.2, 0.25) is 0 Å². The molecule has 6 nitrogen and oxygen atoms in total. The van der Waals surface area contributed by atoms with Crippen molar-refractivity contribution < 1.29 is 28.6 Å². The van der Waals surface area contributed by atoms with Gasteiger partial charge in [0.05, 0.1) is 0 Å². The number of carbonyl (C=O) groups is 3. The maximum absolute atomic E-state index is 12.8. The molecule has 0 aromatic rings. The van der Waals surface area contributed by atoms with Crippen LogP contribution in [0.15, 0.2) is 0 Å². The van der Waals surface area contributed by atoms with Crippen molar-refractivity contribution in [2.75, 3.05) is 13.2 Å². The van der Waals surface area contributed by atoms with E-state index in [0.29, 0.717) is 19.3 Å². The Morgan fingerprint density at radius 2 is 0.516 bits per heavy atom. The van der Waals surface area contributed by atoms with E-state index in [4.69, 9.17) is 14.2 Å². The van der Waals surface area contributed by atoms with Gasteiger partial charge in [-0.25, -0.2) is 0 Å². The maximum atomic E-state index is 12.8. The first-order chi connectivity index (χ1) is 31.4. The van der Waals surface area contributed by atoms with Gasteiger partial charge in [0.15, 0.2) is 6.10 Å². The predicted octanol–water partition coefficient (Wildman–Crippen LogP) is 19.0. The van der Waals surface area contributed by atoms with Crippen LogP contribution in [0.4, 0.5) is 0 Å². The highest BCUT2D eigenvalue weighted by Gasteiger charge is 2.19. The van der Waals surface area contributed by atoms with Crippen LogP contribution in [0.2, 0.25) is 0 Å². The smallest absolute Gasteiger partial charge is 0.306 e. The van der Waals surface area contributed by atoms with Gasteiger partial charge in [0, 0.05) is 19.3 Å². The molecule has 0 aromatic heterocycles. The van der Waals surface area contributed by atoms with Crippen molar-refractivity contribution >= 4 is 17.9 Å². The van der Waals surface area contributed by atoms with Gasteiger partial charge < -0.3 is 14.2 Å². The third-order valence-corrected chi connectivity index (χ3v) is 13.3. The molecule has 0 radical (unpaired) electrons. The second-order valence-corrected chi connectivity index (χ2v) is 20.4. The van der Waals surface area contributed by atoms with E-state index in [1.165, 1.54) is 225 Å². The quantitative estimate of drug-likeness (QED) is 0.0344. The van der Waals surface area contributed by atoms with E-state index in [1.54, 1.807) is 0 Å². The first kappa shape index (κ1) is 62.4. The first-order valence-electron chi connectivity index (χ1n) is 28.9. The molecule has 0 amide bonds. The van der Waals surface area contributed by atoms with Crippen molar-refractivity contribution in [1.82, 2.24) is 0 Å². The lowest BCUT2D eigenvalue weighted by atomic mass is 10.0. The van der Waals surface area contributed by atoms with E-state index >= 15 is 0 Å². The first-order valence-corrected chi connectivity index (χ1v) is 28.9. The molecule has 0 aliphatic rings. The standard InChI is InChI=1S/C58H112O6/c1-5-7-9-11-13-15-17-18-26-30-33-37-41-45-49-56(59)62-52-55(64-58(61)51-47-43-39-35-28-16-14-12-10-8-6-2)53-63-57(60)50-46-42-38-34-31-27-24-22-20-19-21-23-25-29-32-36-40-44-48-54(3)4/h54-55H,5-53H2,1-4H3/t55-/m1/s1. The summed E-state index contributed by atoms with van der Waals surface area (Å²) in [4.78, 5) is 38.1. The fourth-order valence-corrected chi connectivity index (χ4v) is 8.92. The van der Waals surface area contributed by atoms with Gasteiger partial charge in [-0.05, 0) is 25.2 Å². The van der Waals surface area contributed by atoms with E-state index in [0.717, 1.165) is 63.7 Å². The summed E-state index contributed by atoms with van der Waals surface area (Å²) in [6.07, 6.45) is 56.7. The largest absolute Gasteiger partial charge is 0.462 e. The fraction of sp³-hybridized carbons (Fsp3) is 0.948. The number of hydrogen-bond donors (Lipinski definition) is 0. The van der Waals surface area contributed by atoms with Gasteiger partial charge in [-0.15, -0.1) is 0 Å². The third kappa shape index (κ3) is 51.4. The third-order valence-electron chi connectivity index (χ3n) is 13.3. The molecule has 0 heterocycles. The second-order valence-electron chi connectivity index (χ2n) is 20.4. The predicted molar refractivity (Wildman–Crippen MR) is 275 cm³/mol.